The minimum absolute atomic E-state index is 0.0301. The topological polar surface area (TPSA) is 447 Å². The molecule has 0 bridgehead atoms. The molecule has 4 aromatic carbocycles. The molecule has 2 aliphatic heterocycles. The van der Waals surface area contributed by atoms with Crippen LogP contribution in [-0.2, 0) is 65.9 Å². The Labute approximate surface area is 779 Å². The number of benzene rings is 4. The lowest BCUT2D eigenvalue weighted by atomic mass is 10.1. The van der Waals surface area contributed by atoms with Gasteiger partial charge in [0.25, 0.3) is 0 Å². The van der Waals surface area contributed by atoms with E-state index in [1.54, 1.807) is 172 Å². The molecule has 2 saturated heterocycles. The van der Waals surface area contributed by atoms with Crippen LogP contribution in [0.4, 0.5) is 56.0 Å². The number of hydrogen-bond donors (Lipinski definition) is 3. The molecule has 5 N–H and O–H groups in total. The number of sulfone groups is 2. The molecule has 8 heterocycles. The minimum atomic E-state index is -3.65. The summed E-state index contributed by atoms with van der Waals surface area (Å²) in [4.78, 5) is 103. The molecular weight excluding hydrogens is 1940 g/mol. The van der Waals surface area contributed by atoms with Crippen LogP contribution >= 0.6 is 47.8 Å². The maximum absolute atomic E-state index is 15.7. The lowest BCUT2D eigenvalue weighted by Gasteiger charge is -2.28. The number of amides is 5. The summed E-state index contributed by atoms with van der Waals surface area (Å²) < 4.78 is 133. The highest BCUT2D eigenvalue weighted by atomic mass is 79.9. The Morgan fingerprint density at radius 2 is 0.900 bits per heavy atom. The summed E-state index contributed by atoms with van der Waals surface area (Å²) >= 11 is 9.51. The lowest BCUT2D eigenvalue weighted by Crippen LogP contribution is -2.44. The average molecular weight is 2040 g/mol. The molecule has 2 aliphatic rings. The van der Waals surface area contributed by atoms with Crippen LogP contribution in [0.15, 0.2) is 154 Å². The molecule has 0 aliphatic carbocycles. The van der Waals surface area contributed by atoms with Crippen molar-refractivity contribution in [3.05, 3.63) is 164 Å². The van der Waals surface area contributed by atoms with Crippen LogP contribution in [-0.4, -0.2) is 189 Å². The van der Waals surface area contributed by atoms with Crippen LogP contribution in [0.3, 0.4) is 0 Å². The molecule has 2 fully saturated rings. The quantitative estimate of drug-likeness (QED) is 0.0459. The highest BCUT2D eigenvalue weighted by Gasteiger charge is 2.40. The number of nitrogen functional groups attached to an aromatic ring is 2. The fourth-order valence-corrected chi connectivity index (χ4v) is 16.4. The van der Waals surface area contributed by atoms with Gasteiger partial charge in [-0.1, -0.05) is 72.3 Å². The number of rotatable bonds is 16. The number of carbonyl (C=O) groups excluding carboxylic acids is 5. The normalized spacial score (nSPS) is 14.2. The maximum Gasteiger partial charge on any atom is 0.425 e. The molecule has 34 nitrogen and oxygen atoms in total. The molecule has 0 radical (unpaired) electrons. The number of nitrogens with zero attached hydrogens (tertiary/aromatic N) is 13. The van der Waals surface area contributed by atoms with Gasteiger partial charge in [-0.05, 0) is 231 Å². The van der Waals surface area contributed by atoms with Crippen molar-refractivity contribution in [1.82, 2.24) is 60.4 Å². The third-order valence-corrected chi connectivity index (χ3v) is 24.1. The second-order valence-corrected chi connectivity index (χ2v) is 47.1. The molecule has 2 atom stereocenters. The third kappa shape index (κ3) is 28.9. The van der Waals surface area contributed by atoms with Gasteiger partial charge in [0.15, 0.2) is 71.5 Å². The van der Waals surface area contributed by atoms with Gasteiger partial charge in [0, 0.05) is 67.7 Å². The number of imide groups is 2. The van der Waals surface area contributed by atoms with Gasteiger partial charge >= 0.3 is 30.5 Å². The number of ether oxygens (including phenoxy) is 7. The van der Waals surface area contributed by atoms with Gasteiger partial charge in [-0.2, -0.15) is 9.80 Å². The van der Waals surface area contributed by atoms with Crippen molar-refractivity contribution < 1.29 is 91.8 Å². The van der Waals surface area contributed by atoms with Crippen LogP contribution in [0.1, 0.15) is 134 Å². The molecule has 2 unspecified atom stereocenters. The van der Waals surface area contributed by atoms with Crippen molar-refractivity contribution in [3.8, 4) is 79.4 Å². The van der Waals surface area contributed by atoms with Crippen molar-refractivity contribution in [2.75, 3.05) is 61.8 Å². The van der Waals surface area contributed by atoms with Crippen molar-refractivity contribution in [2.24, 2.45) is 0 Å². The summed E-state index contributed by atoms with van der Waals surface area (Å²) in [7, 11) is -5.53. The van der Waals surface area contributed by atoms with E-state index in [0.717, 1.165) is 10.5 Å². The van der Waals surface area contributed by atoms with Crippen LogP contribution in [0.25, 0.3) is 67.9 Å². The Morgan fingerprint density at radius 3 is 1.32 bits per heavy atom. The summed E-state index contributed by atoms with van der Waals surface area (Å²) in [5.41, 5.74) is 14.1. The zero-order valence-electron chi connectivity index (χ0n) is 75.4. The summed E-state index contributed by atoms with van der Waals surface area (Å²) in [6.45, 7) is 33.2. The number of halogens is 5. The number of aromatic nitrogens is 10. The van der Waals surface area contributed by atoms with Crippen molar-refractivity contribution >= 4 is 129 Å². The van der Waals surface area contributed by atoms with E-state index in [2.05, 4.69) is 129 Å². The second kappa shape index (κ2) is 42.4. The summed E-state index contributed by atoms with van der Waals surface area (Å²) in [5, 5.41) is 9.86. The molecular formula is C88H103Br3F2N16O18S2Si. The first-order valence-corrected chi connectivity index (χ1v) is 49.4. The van der Waals surface area contributed by atoms with Crippen molar-refractivity contribution in [1.29, 1.82) is 0 Å². The molecule has 0 saturated carbocycles. The van der Waals surface area contributed by atoms with Gasteiger partial charge < -0.3 is 63.9 Å². The number of nitrogens with one attached hydrogen (secondary N) is 1. The number of carbonyl (C=O) groups is 5. The maximum atomic E-state index is 15.7. The zero-order chi connectivity index (χ0) is 96.1. The Bertz CT molecular complexity index is 6020. The highest BCUT2D eigenvalue weighted by Crippen LogP contribution is 2.38. The minimum Gasteiger partial charge on any atom is -0.444 e. The lowest BCUT2D eigenvalue weighted by molar-refractivity contribution is 0.0282. The van der Waals surface area contributed by atoms with E-state index in [9.17, 15) is 45.2 Å². The highest BCUT2D eigenvalue weighted by molar-refractivity contribution is 9.11. The van der Waals surface area contributed by atoms with Gasteiger partial charge in [0.05, 0.1) is 69.7 Å². The average Bonchev–Trinajstić information content (AvgIpc) is 1.51. The van der Waals surface area contributed by atoms with E-state index in [4.69, 9.17) is 58.7 Å². The van der Waals surface area contributed by atoms with Gasteiger partial charge in [0.1, 0.15) is 72.9 Å². The summed E-state index contributed by atoms with van der Waals surface area (Å²) in [6.07, 6.45) is 1.96. The Balaban J connectivity index is 0.000000222. The monoisotopic (exact) mass is 2040 g/mol. The van der Waals surface area contributed by atoms with Crippen LogP contribution in [0, 0.1) is 23.1 Å². The first-order chi connectivity index (χ1) is 60.5. The molecule has 0 spiro atoms. The first-order valence-electron chi connectivity index (χ1n) is 40.4. The van der Waals surface area contributed by atoms with E-state index in [-0.39, 0.29) is 98.1 Å². The fraction of sp³-hybridized carbons (Fsp3) is 0.398. The number of nitrogens with two attached hydrogens (primary N) is 2. The van der Waals surface area contributed by atoms with Gasteiger partial charge in [-0.25, -0.2) is 89.5 Å². The largest absolute Gasteiger partial charge is 0.444 e. The van der Waals surface area contributed by atoms with E-state index >= 15 is 4.39 Å². The standard InChI is InChI=1S/C40H48FN5O10S.C25H24FN5O4S.C19H28BrN3O4Si.C4H3Br2N3/c1-38(2,3)53-35(47)45(10)22-24-11-16-28(29(41)19-24)30-20-32(56-44-30)33-34(46(36(48)54-39(4,5)6)37(49)55-40(7,8)9)42-21-31(43-33)25-12-14-26(15-13-25)57(50,51)27-17-18-52-23-27;1-28-12-15-2-7-19(20(26)10-15)21-11-23(35-31-21)24-25(27)29-13-22(30-24)16-3-5-17(6-4-16)36(32,33)18-8-9-34-14-18;1-18(2,3)26-16(24)23(17(25)27-19(4,5)6)15-13(10-11-28(7,8)9)22-14(20)12-21-15;5-2-1-8-4(7)3(6)9-2/h11-16,19-21,27H,17-18,22-23H2,1-10H3;2-7,10-11,13,18,28H,8-9,12,14H2,1H3,(H2,27,29);12H,1-9H3;1H,(H2,7,8). The van der Waals surface area contributed by atoms with Gasteiger partial charge in [-0.3, -0.25) is 0 Å². The van der Waals surface area contributed by atoms with Crippen LogP contribution in [0.5, 0.6) is 0 Å². The van der Waals surface area contributed by atoms with Crippen molar-refractivity contribution in [3.63, 3.8) is 0 Å². The third-order valence-electron chi connectivity index (χ3n) is 17.5. The smallest absolute Gasteiger partial charge is 0.425 e. The predicted molar refractivity (Wildman–Crippen MR) is 496 cm³/mol. The van der Waals surface area contributed by atoms with E-state index in [1.165, 1.54) is 66.9 Å². The SMILES string of the molecule is CC(C)(C)OC(=O)N(C(=O)OC(C)(C)C)c1ncc(Br)nc1C#C[Si](C)(C)C.CN(Cc1ccc(-c2cc(-c3nc(-c4ccc(S(=O)(=O)C5CCOC5)cc4)cnc3N(C(=O)OC(C)(C)C)C(=O)OC(C)(C)C)on2)c(F)c1)C(=O)OC(C)(C)C.CNCc1ccc(-c2cc(-c3nc(-c4ccc(S(=O)(=O)C5CCOC5)cc4)cnc3N)on2)c(F)c1.Nc1ncc(Br)nc1Br. The van der Waals surface area contributed by atoms with E-state index in [1.807, 2.05) is 6.07 Å². The Hall–Kier alpha value is -11.2. The molecule has 694 valence electrons. The Morgan fingerprint density at radius 1 is 0.508 bits per heavy atom. The second-order valence-electron chi connectivity index (χ2n) is 35.5. The van der Waals surface area contributed by atoms with Gasteiger partial charge in [-0.15, -0.1) is 5.54 Å². The van der Waals surface area contributed by atoms with E-state index < -0.39 is 108 Å². The van der Waals surface area contributed by atoms with Gasteiger partial charge in [0.2, 0.25) is 0 Å². The molecule has 6 aromatic heterocycles. The molecule has 130 heavy (non-hydrogen) atoms. The summed E-state index contributed by atoms with van der Waals surface area (Å²) in [6, 6.07) is 24.6. The molecule has 10 aromatic rings. The Kier molecular flexibility index (Phi) is 33.4. The van der Waals surface area contributed by atoms with E-state index in [0.29, 0.717) is 85.2 Å². The van der Waals surface area contributed by atoms with Crippen LogP contribution < -0.4 is 26.6 Å². The number of anilines is 4. The first kappa shape index (κ1) is 103. The zero-order valence-corrected chi connectivity index (χ0v) is 82.8. The predicted octanol–water partition coefficient (Wildman–Crippen LogP) is 18.4. The van der Waals surface area contributed by atoms with Crippen LogP contribution in [0.2, 0.25) is 19.6 Å². The van der Waals surface area contributed by atoms with Crippen molar-refractivity contribution in [2.45, 2.75) is 198 Å². The molecule has 12 rings (SSSR count). The molecule has 5 amide bonds. The fourth-order valence-electron chi connectivity index (χ4n) is 11.7. The number of hydrogen-bond acceptors (Lipinski definition) is 31. The summed E-state index contributed by atoms with van der Waals surface area (Å²) in [5.74, 6) is 2.13. The molecule has 42 heteroatoms.